The summed E-state index contributed by atoms with van der Waals surface area (Å²) in [6, 6.07) is 20.2. The van der Waals surface area contributed by atoms with Crippen LogP contribution in [-0.4, -0.2) is 59.4 Å². The van der Waals surface area contributed by atoms with E-state index in [9.17, 15) is 9.59 Å². The number of para-hydroxylation sites is 2. The summed E-state index contributed by atoms with van der Waals surface area (Å²) in [5.41, 5.74) is 2.19. The molecule has 0 bridgehead atoms. The molecular weight excluding hydrogens is 416 g/mol. The van der Waals surface area contributed by atoms with Gasteiger partial charge < -0.3 is 15.0 Å². The Balaban J connectivity index is 1.50. The van der Waals surface area contributed by atoms with Crippen LogP contribution in [0.3, 0.4) is 0 Å². The number of piperazine rings is 1. The first-order chi connectivity index (χ1) is 16.2. The maximum Gasteiger partial charge on any atom is 0.254 e. The summed E-state index contributed by atoms with van der Waals surface area (Å²) in [5, 5.41) is 3.06. The van der Waals surface area contributed by atoms with Gasteiger partial charge in [-0.15, -0.1) is 0 Å². The molecule has 7 heteroatoms. The fourth-order valence-corrected chi connectivity index (χ4v) is 4.08. The normalized spacial score (nSPS) is 15.0. The number of anilines is 1. The molecule has 33 heavy (non-hydrogen) atoms. The fourth-order valence-electron chi connectivity index (χ4n) is 4.08. The summed E-state index contributed by atoms with van der Waals surface area (Å²) >= 11 is 0. The van der Waals surface area contributed by atoms with Crippen LogP contribution in [0, 0.1) is 0 Å². The highest BCUT2D eigenvalue weighted by Gasteiger charge is 2.32. The molecule has 0 saturated carbocycles. The van der Waals surface area contributed by atoms with Crippen LogP contribution in [0.2, 0.25) is 0 Å². The zero-order chi connectivity index (χ0) is 23.0. The predicted molar refractivity (Wildman–Crippen MR) is 127 cm³/mol. The van der Waals surface area contributed by atoms with Crippen LogP contribution in [-0.2, 0) is 4.79 Å². The molecule has 1 N–H and O–H groups in total. The van der Waals surface area contributed by atoms with Crippen LogP contribution in [0.1, 0.15) is 28.9 Å². The van der Waals surface area contributed by atoms with E-state index >= 15 is 0 Å². The van der Waals surface area contributed by atoms with E-state index in [2.05, 4.69) is 15.2 Å². The highest BCUT2D eigenvalue weighted by molar-refractivity contribution is 5.97. The van der Waals surface area contributed by atoms with Crippen LogP contribution in [0.25, 0.3) is 0 Å². The van der Waals surface area contributed by atoms with Gasteiger partial charge in [-0.05, 0) is 36.8 Å². The number of carbonyl (C=O) groups is 2. The highest BCUT2D eigenvalue weighted by atomic mass is 16.5. The SMILES string of the molecule is CCOc1ccccc1NC(=O)[C@@H](c1ccccc1)N1CCN(C(=O)c2ccncc2)CC1. The van der Waals surface area contributed by atoms with Crippen LogP contribution in [0.5, 0.6) is 5.75 Å². The monoisotopic (exact) mass is 444 g/mol. The molecule has 7 nitrogen and oxygen atoms in total. The number of ether oxygens (including phenoxy) is 1. The average molecular weight is 445 g/mol. The number of pyridine rings is 1. The number of benzene rings is 2. The molecule has 0 aliphatic carbocycles. The second-order valence-corrected chi connectivity index (χ2v) is 7.80. The molecule has 1 atom stereocenters. The van der Waals surface area contributed by atoms with Gasteiger partial charge in [-0.25, -0.2) is 0 Å². The lowest BCUT2D eigenvalue weighted by atomic mass is 10.0. The molecule has 1 fully saturated rings. The number of nitrogens with one attached hydrogen (secondary N) is 1. The van der Waals surface area contributed by atoms with Gasteiger partial charge in [0, 0.05) is 44.1 Å². The number of rotatable bonds is 7. The average Bonchev–Trinajstić information content (AvgIpc) is 2.87. The van der Waals surface area contributed by atoms with Crippen molar-refractivity contribution in [2.75, 3.05) is 38.1 Å². The Morgan fingerprint density at radius 2 is 1.61 bits per heavy atom. The van der Waals surface area contributed by atoms with Gasteiger partial charge in [0.25, 0.3) is 5.91 Å². The fraction of sp³-hybridized carbons (Fsp3) is 0.269. The van der Waals surface area contributed by atoms with Gasteiger partial charge in [-0.3, -0.25) is 19.5 Å². The minimum absolute atomic E-state index is 0.0107. The summed E-state index contributed by atoms with van der Waals surface area (Å²) in [6.45, 7) is 4.72. The molecule has 0 unspecified atom stereocenters. The third-order valence-electron chi connectivity index (χ3n) is 5.70. The van der Waals surface area contributed by atoms with E-state index in [4.69, 9.17) is 4.74 Å². The quantitative estimate of drug-likeness (QED) is 0.603. The number of amides is 2. The molecule has 2 aromatic carbocycles. The standard InChI is InChI=1S/C26H28N4O3/c1-2-33-23-11-7-6-10-22(23)28-25(31)24(20-8-4-3-5-9-20)29-16-18-30(19-17-29)26(32)21-12-14-27-15-13-21/h3-15,24H,2,16-19H2,1H3,(H,28,31)/t24-/m1/s1. The third-order valence-corrected chi connectivity index (χ3v) is 5.70. The van der Waals surface area contributed by atoms with Gasteiger partial charge in [0.1, 0.15) is 11.8 Å². The summed E-state index contributed by atoms with van der Waals surface area (Å²) in [7, 11) is 0. The topological polar surface area (TPSA) is 74.8 Å². The molecule has 0 spiro atoms. The third kappa shape index (κ3) is 5.38. The van der Waals surface area contributed by atoms with E-state index in [1.54, 1.807) is 24.5 Å². The Hall–Kier alpha value is -3.71. The first kappa shape index (κ1) is 22.5. The number of aromatic nitrogens is 1. The van der Waals surface area contributed by atoms with Crippen molar-refractivity contribution < 1.29 is 14.3 Å². The molecule has 4 rings (SSSR count). The number of hydrogen-bond donors (Lipinski definition) is 1. The summed E-state index contributed by atoms with van der Waals surface area (Å²) < 4.78 is 5.67. The van der Waals surface area contributed by atoms with Crippen LogP contribution in [0.4, 0.5) is 5.69 Å². The molecule has 1 aliphatic heterocycles. The molecule has 1 aromatic heterocycles. The Bertz CT molecular complexity index is 1070. The summed E-state index contributed by atoms with van der Waals surface area (Å²) in [4.78, 5) is 34.3. The van der Waals surface area contributed by atoms with Crippen LogP contribution in [0.15, 0.2) is 79.1 Å². The smallest absolute Gasteiger partial charge is 0.254 e. The number of hydrogen-bond acceptors (Lipinski definition) is 5. The molecule has 2 amide bonds. The zero-order valence-corrected chi connectivity index (χ0v) is 18.7. The molecular formula is C26H28N4O3. The maximum absolute atomic E-state index is 13.5. The zero-order valence-electron chi connectivity index (χ0n) is 18.7. The van der Waals surface area contributed by atoms with Gasteiger partial charge in [0.2, 0.25) is 5.91 Å². The maximum atomic E-state index is 13.5. The Labute approximate surface area is 194 Å². The van der Waals surface area contributed by atoms with Gasteiger partial charge in [0.05, 0.1) is 12.3 Å². The van der Waals surface area contributed by atoms with Crippen LogP contribution >= 0.6 is 0 Å². The van der Waals surface area contributed by atoms with Gasteiger partial charge in [-0.1, -0.05) is 42.5 Å². The second kappa shape index (κ2) is 10.7. The van der Waals surface area contributed by atoms with Gasteiger partial charge >= 0.3 is 0 Å². The summed E-state index contributed by atoms with van der Waals surface area (Å²) in [6.07, 6.45) is 3.25. The molecule has 170 valence electrons. The van der Waals surface area contributed by atoms with Gasteiger partial charge in [0.15, 0.2) is 0 Å². The predicted octanol–water partition coefficient (Wildman–Crippen LogP) is 3.62. The Morgan fingerprint density at radius 3 is 2.30 bits per heavy atom. The molecule has 1 aliphatic rings. The lowest BCUT2D eigenvalue weighted by Gasteiger charge is -2.38. The lowest BCUT2D eigenvalue weighted by Crippen LogP contribution is -2.51. The number of carbonyl (C=O) groups excluding carboxylic acids is 2. The van der Waals surface area contributed by atoms with Crippen molar-refractivity contribution in [3.8, 4) is 5.75 Å². The van der Waals surface area contributed by atoms with E-state index in [-0.39, 0.29) is 11.8 Å². The second-order valence-electron chi connectivity index (χ2n) is 7.80. The van der Waals surface area contributed by atoms with E-state index in [0.717, 1.165) is 5.56 Å². The van der Waals surface area contributed by atoms with Crippen molar-refractivity contribution in [2.24, 2.45) is 0 Å². The summed E-state index contributed by atoms with van der Waals surface area (Å²) in [5.74, 6) is 0.513. The van der Waals surface area contributed by atoms with Crippen molar-refractivity contribution in [3.05, 3.63) is 90.3 Å². The highest BCUT2D eigenvalue weighted by Crippen LogP contribution is 2.28. The van der Waals surface area contributed by atoms with Gasteiger partial charge in [-0.2, -0.15) is 0 Å². The first-order valence-electron chi connectivity index (χ1n) is 11.2. The Morgan fingerprint density at radius 1 is 0.939 bits per heavy atom. The van der Waals surface area contributed by atoms with E-state index in [1.165, 1.54) is 0 Å². The lowest BCUT2D eigenvalue weighted by molar-refractivity contribution is -0.122. The number of nitrogens with zero attached hydrogens (tertiary/aromatic N) is 3. The van der Waals surface area contributed by atoms with Crippen molar-refractivity contribution in [2.45, 2.75) is 13.0 Å². The van der Waals surface area contributed by atoms with E-state index < -0.39 is 6.04 Å². The first-order valence-corrected chi connectivity index (χ1v) is 11.2. The molecule has 2 heterocycles. The van der Waals surface area contributed by atoms with Crippen molar-refractivity contribution in [1.29, 1.82) is 0 Å². The Kier molecular flexibility index (Phi) is 7.32. The van der Waals surface area contributed by atoms with Crippen molar-refractivity contribution in [3.63, 3.8) is 0 Å². The largest absolute Gasteiger partial charge is 0.492 e. The van der Waals surface area contributed by atoms with Crippen LogP contribution < -0.4 is 10.1 Å². The molecule has 0 radical (unpaired) electrons. The minimum Gasteiger partial charge on any atom is -0.492 e. The molecule has 3 aromatic rings. The van der Waals surface area contributed by atoms with Crippen molar-refractivity contribution in [1.82, 2.24) is 14.8 Å². The van der Waals surface area contributed by atoms with Crippen molar-refractivity contribution >= 4 is 17.5 Å². The molecule has 1 saturated heterocycles. The van der Waals surface area contributed by atoms with E-state index in [0.29, 0.717) is 49.8 Å². The van der Waals surface area contributed by atoms with E-state index in [1.807, 2.05) is 66.4 Å². The minimum atomic E-state index is -0.473.